The SMILES string of the molecule is CCNC(C(C)CCOC)C1CCCCS1. The van der Waals surface area contributed by atoms with E-state index in [0.29, 0.717) is 6.04 Å². The van der Waals surface area contributed by atoms with Crippen molar-refractivity contribution in [1.82, 2.24) is 5.32 Å². The largest absolute Gasteiger partial charge is 0.385 e. The van der Waals surface area contributed by atoms with Crippen LogP contribution in [0.25, 0.3) is 0 Å². The van der Waals surface area contributed by atoms with E-state index in [0.717, 1.165) is 24.3 Å². The summed E-state index contributed by atoms with van der Waals surface area (Å²) in [5.41, 5.74) is 0. The molecule has 0 aromatic heterocycles. The first-order valence-corrected chi connectivity index (χ1v) is 7.68. The zero-order chi connectivity index (χ0) is 11.8. The summed E-state index contributed by atoms with van der Waals surface area (Å²) in [6.45, 7) is 6.55. The molecule has 0 aliphatic carbocycles. The van der Waals surface area contributed by atoms with Gasteiger partial charge in [0.15, 0.2) is 0 Å². The highest BCUT2D eigenvalue weighted by molar-refractivity contribution is 8.00. The predicted molar refractivity (Wildman–Crippen MR) is 73.2 cm³/mol. The van der Waals surface area contributed by atoms with E-state index in [4.69, 9.17) is 4.74 Å². The van der Waals surface area contributed by atoms with Crippen LogP contribution in [0.5, 0.6) is 0 Å². The van der Waals surface area contributed by atoms with Gasteiger partial charge in [-0.2, -0.15) is 11.8 Å². The molecule has 0 radical (unpaired) electrons. The molecule has 1 saturated heterocycles. The molecule has 2 nitrogen and oxygen atoms in total. The average Bonchev–Trinajstić information content (AvgIpc) is 2.34. The molecule has 0 spiro atoms. The van der Waals surface area contributed by atoms with Gasteiger partial charge in [-0.3, -0.25) is 0 Å². The number of ether oxygens (including phenoxy) is 1. The van der Waals surface area contributed by atoms with Gasteiger partial charge in [-0.15, -0.1) is 0 Å². The quantitative estimate of drug-likeness (QED) is 0.745. The molecule has 1 N–H and O–H groups in total. The van der Waals surface area contributed by atoms with Gasteiger partial charge >= 0.3 is 0 Å². The highest BCUT2D eigenvalue weighted by Crippen LogP contribution is 2.31. The molecule has 16 heavy (non-hydrogen) atoms. The first kappa shape index (κ1) is 14.3. The van der Waals surface area contributed by atoms with Crippen LogP contribution in [-0.4, -0.2) is 37.3 Å². The van der Waals surface area contributed by atoms with Crippen molar-refractivity contribution in [3.8, 4) is 0 Å². The van der Waals surface area contributed by atoms with Gasteiger partial charge in [0, 0.05) is 25.0 Å². The molecule has 1 heterocycles. The second kappa shape index (κ2) is 8.37. The molecule has 1 rings (SSSR count). The summed E-state index contributed by atoms with van der Waals surface area (Å²) >= 11 is 2.17. The Kier molecular flexibility index (Phi) is 7.50. The molecule has 0 aromatic carbocycles. The molecule has 0 amide bonds. The Hall–Kier alpha value is 0.270. The van der Waals surface area contributed by atoms with Crippen LogP contribution in [0.4, 0.5) is 0 Å². The van der Waals surface area contributed by atoms with Gasteiger partial charge in [-0.1, -0.05) is 20.3 Å². The Morgan fingerprint density at radius 3 is 2.81 bits per heavy atom. The minimum absolute atomic E-state index is 0.672. The number of methoxy groups -OCH3 is 1. The van der Waals surface area contributed by atoms with Crippen molar-refractivity contribution >= 4 is 11.8 Å². The maximum absolute atomic E-state index is 5.19. The summed E-state index contributed by atoms with van der Waals surface area (Å²) in [6, 6.07) is 0.672. The van der Waals surface area contributed by atoms with E-state index in [9.17, 15) is 0 Å². The van der Waals surface area contributed by atoms with Crippen molar-refractivity contribution < 1.29 is 4.74 Å². The van der Waals surface area contributed by atoms with Gasteiger partial charge in [0.05, 0.1) is 0 Å². The van der Waals surface area contributed by atoms with Crippen LogP contribution >= 0.6 is 11.8 Å². The Bertz CT molecular complexity index is 171. The van der Waals surface area contributed by atoms with Gasteiger partial charge in [-0.25, -0.2) is 0 Å². The van der Waals surface area contributed by atoms with Gasteiger partial charge in [0.2, 0.25) is 0 Å². The standard InChI is InChI=1S/C13H27NOS/c1-4-14-13(11(2)8-9-15-3)12-7-5-6-10-16-12/h11-14H,4-10H2,1-3H3. The van der Waals surface area contributed by atoms with Crippen LogP contribution in [0.3, 0.4) is 0 Å². The summed E-state index contributed by atoms with van der Waals surface area (Å²) in [5.74, 6) is 2.07. The van der Waals surface area contributed by atoms with E-state index in [1.54, 1.807) is 7.11 Å². The van der Waals surface area contributed by atoms with E-state index in [1.165, 1.54) is 31.4 Å². The highest BCUT2D eigenvalue weighted by atomic mass is 32.2. The maximum Gasteiger partial charge on any atom is 0.0465 e. The summed E-state index contributed by atoms with van der Waals surface area (Å²) < 4.78 is 5.19. The number of hydrogen-bond acceptors (Lipinski definition) is 3. The van der Waals surface area contributed by atoms with Crippen LogP contribution in [0, 0.1) is 5.92 Å². The molecule has 3 atom stereocenters. The zero-order valence-corrected chi connectivity index (χ0v) is 11.8. The van der Waals surface area contributed by atoms with Crippen LogP contribution in [0.15, 0.2) is 0 Å². The van der Waals surface area contributed by atoms with E-state index in [2.05, 4.69) is 30.9 Å². The van der Waals surface area contributed by atoms with Crippen LogP contribution < -0.4 is 5.32 Å². The second-order valence-electron chi connectivity index (χ2n) is 4.75. The van der Waals surface area contributed by atoms with Crippen LogP contribution in [0.1, 0.15) is 39.5 Å². The van der Waals surface area contributed by atoms with Crippen LogP contribution in [-0.2, 0) is 4.74 Å². The number of rotatable bonds is 7. The summed E-state index contributed by atoms with van der Waals surface area (Å²) in [7, 11) is 1.80. The van der Waals surface area contributed by atoms with E-state index in [1.807, 2.05) is 0 Å². The first-order valence-electron chi connectivity index (χ1n) is 6.63. The van der Waals surface area contributed by atoms with Crippen molar-refractivity contribution in [2.75, 3.05) is 26.0 Å². The molecular formula is C13H27NOS. The van der Waals surface area contributed by atoms with Crippen molar-refractivity contribution in [2.24, 2.45) is 5.92 Å². The highest BCUT2D eigenvalue weighted by Gasteiger charge is 2.27. The lowest BCUT2D eigenvalue weighted by molar-refractivity contribution is 0.169. The third-order valence-electron chi connectivity index (χ3n) is 3.45. The van der Waals surface area contributed by atoms with Crippen LogP contribution in [0.2, 0.25) is 0 Å². The smallest absolute Gasteiger partial charge is 0.0465 e. The fourth-order valence-corrected chi connectivity index (χ4v) is 4.05. The van der Waals surface area contributed by atoms with E-state index >= 15 is 0 Å². The molecule has 1 fully saturated rings. The molecule has 1 aliphatic rings. The van der Waals surface area contributed by atoms with Crippen molar-refractivity contribution in [2.45, 2.75) is 50.8 Å². The Morgan fingerprint density at radius 2 is 2.25 bits per heavy atom. The second-order valence-corrected chi connectivity index (χ2v) is 6.09. The fourth-order valence-electron chi connectivity index (χ4n) is 2.47. The summed E-state index contributed by atoms with van der Waals surface area (Å²) in [6.07, 6.45) is 5.38. The van der Waals surface area contributed by atoms with E-state index in [-0.39, 0.29) is 0 Å². The number of hydrogen-bond donors (Lipinski definition) is 1. The maximum atomic E-state index is 5.19. The van der Waals surface area contributed by atoms with Crippen molar-refractivity contribution in [3.63, 3.8) is 0 Å². The molecule has 3 heteroatoms. The summed E-state index contributed by atoms with van der Waals surface area (Å²) in [5, 5.41) is 4.50. The topological polar surface area (TPSA) is 21.3 Å². The molecule has 96 valence electrons. The predicted octanol–water partition coefficient (Wildman–Crippen LogP) is 2.92. The Balaban J connectivity index is 2.43. The van der Waals surface area contributed by atoms with Gasteiger partial charge < -0.3 is 10.1 Å². The normalized spacial score (nSPS) is 25.3. The molecule has 0 aromatic rings. The van der Waals surface area contributed by atoms with E-state index < -0.39 is 0 Å². The Morgan fingerprint density at radius 1 is 1.44 bits per heavy atom. The van der Waals surface area contributed by atoms with Gasteiger partial charge in [0.1, 0.15) is 0 Å². The lowest BCUT2D eigenvalue weighted by Gasteiger charge is -2.34. The molecule has 0 saturated carbocycles. The monoisotopic (exact) mass is 245 g/mol. The molecular weight excluding hydrogens is 218 g/mol. The first-order chi connectivity index (χ1) is 7.79. The lowest BCUT2D eigenvalue weighted by Crippen LogP contribution is -2.44. The third kappa shape index (κ3) is 4.64. The Labute approximate surface area is 105 Å². The van der Waals surface area contributed by atoms with Crippen molar-refractivity contribution in [3.05, 3.63) is 0 Å². The zero-order valence-electron chi connectivity index (χ0n) is 11.0. The lowest BCUT2D eigenvalue weighted by atomic mass is 9.93. The third-order valence-corrected chi connectivity index (χ3v) is 4.93. The fraction of sp³-hybridized carbons (Fsp3) is 1.00. The number of nitrogens with one attached hydrogen (secondary N) is 1. The van der Waals surface area contributed by atoms with Gasteiger partial charge in [-0.05, 0) is 37.5 Å². The van der Waals surface area contributed by atoms with Gasteiger partial charge in [0.25, 0.3) is 0 Å². The molecule has 3 unspecified atom stereocenters. The van der Waals surface area contributed by atoms with Crippen molar-refractivity contribution in [1.29, 1.82) is 0 Å². The summed E-state index contributed by atoms with van der Waals surface area (Å²) in [4.78, 5) is 0. The minimum Gasteiger partial charge on any atom is -0.385 e. The molecule has 0 bridgehead atoms. The molecule has 1 aliphatic heterocycles. The minimum atomic E-state index is 0.672. The average molecular weight is 245 g/mol. The number of thioether (sulfide) groups is 1.